The minimum Gasteiger partial charge on any atom is -0.482 e. The molecule has 1 aromatic carbocycles. The van der Waals surface area contributed by atoms with E-state index in [0.717, 1.165) is 54.1 Å². The second-order valence-electron chi connectivity index (χ2n) is 5.71. The Morgan fingerprint density at radius 3 is 2.50 bits per heavy atom. The predicted octanol–water partition coefficient (Wildman–Crippen LogP) is 3.50. The third kappa shape index (κ3) is 3.76. The molecule has 6 heteroatoms. The largest absolute Gasteiger partial charge is 0.482 e. The smallest absolute Gasteiger partial charge is 0.349 e. The molecule has 0 atom stereocenters. The Bertz CT molecular complexity index is 720. The van der Waals surface area contributed by atoms with Crippen LogP contribution in [0.1, 0.15) is 28.9 Å². The first-order valence-electron chi connectivity index (χ1n) is 7.98. The molecule has 24 heavy (non-hydrogen) atoms. The number of hydrogen-bond acceptors (Lipinski definition) is 4. The van der Waals surface area contributed by atoms with Crippen LogP contribution in [0, 0.1) is 0 Å². The van der Waals surface area contributed by atoms with Crippen molar-refractivity contribution >= 4 is 23.2 Å². The van der Waals surface area contributed by atoms with E-state index in [9.17, 15) is 14.7 Å². The van der Waals surface area contributed by atoms with Crippen LogP contribution in [0.5, 0.6) is 5.75 Å². The average Bonchev–Trinajstić information content (AvgIpc) is 3.06. The van der Waals surface area contributed by atoms with Gasteiger partial charge in [-0.05, 0) is 30.9 Å². The van der Waals surface area contributed by atoms with Gasteiger partial charge in [0.2, 0.25) is 0 Å². The van der Waals surface area contributed by atoms with Crippen molar-refractivity contribution in [1.29, 1.82) is 0 Å². The van der Waals surface area contributed by atoms with Crippen LogP contribution in [0.3, 0.4) is 0 Å². The highest BCUT2D eigenvalue weighted by Crippen LogP contribution is 2.36. The molecular formula is C18H19NO4S. The van der Waals surface area contributed by atoms with Crippen LogP contribution in [0.15, 0.2) is 36.4 Å². The van der Waals surface area contributed by atoms with E-state index in [2.05, 4.69) is 0 Å². The first-order valence-corrected chi connectivity index (χ1v) is 8.80. The lowest BCUT2D eigenvalue weighted by atomic mass is 10.1. The van der Waals surface area contributed by atoms with Crippen molar-refractivity contribution < 1.29 is 19.4 Å². The standard InChI is InChI=1S/C18H19NO4S/c20-16(19-9-5-2-6-10-19)12-23-14-11-15(24-17(14)18(21)22)13-7-3-1-4-8-13/h1,3-4,7-8,11H,2,5-6,9-10,12H2,(H,21,22). The SMILES string of the molecule is O=C(O)c1sc(-c2ccccc2)cc1OCC(=O)N1CCCCC1. The van der Waals surface area contributed by atoms with E-state index in [1.54, 1.807) is 11.0 Å². The minimum atomic E-state index is -1.04. The van der Waals surface area contributed by atoms with Crippen LogP contribution in [0.25, 0.3) is 10.4 Å². The van der Waals surface area contributed by atoms with Gasteiger partial charge in [-0.1, -0.05) is 30.3 Å². The number of nitrogens with zero attached hydrogens (tertiary/aromatic N) is 1. The normalized spacial score (nSPS) is 14.4. The summed E-state index contributed by atoms with van der Waals surface area (Å²) in [5.41, 5.74) is 0.933. The van der Waals surface area contributed by atoms with E-state index < -0.39 is 5.97 Å². The Balaban J connectivity index is 1.73. The highest BCUT2D eigenvalue weighted by Gasteiger charge is 2.21. The van der Waals surface area contributed by atoms with Crippen molar-refractivity contribution in [3.05, 3.63) is 41.3 Å². The zero-order chi connectivity index (χ0) is 16.9. The number of hydrogen-bond donors (Lipinski definition) is 1. The highest BCUT2D eigenvalue weighted by atomic mass is 32.1. The number of aromatic carboxylic acids is 1. The quantitative estimate of drug-likeness (QED) is 0.900. The molecule has 2 heterocycles. The Hall–Kier alpha value is -2.34. The second-order valence-corrected chi connectivity index (χ2v) is 6.76. The van der Waals surface area contributed by atoms with Gasteiger partial charge in [0.25, 0.3) is 5.91 Å². The Morgan fingerprint density at radius 2 is 1.83 bits per heavy atom. The number of likely N-dealkylation sites (tertiary alicyclic amines) is 1. The van der Waals surface area contributed by atoms with Crippen molar-refractivity contribution in [2.75, 3.05) is 19.7 Å². The fourth-order valence-corrected chi connectivity index (χ4v) is 3.69. The number of carboxylic acid groups (broad SMARTS) is 1. The van der Waals surface area contributed by atoms with Gasteiger partial charge in [0.05, 0.1) is 0 Å². The van der Waals surface area contributed by atoms with Gasteiger partial charge in [-0.25, -0.2) is 4.79 Å². The van der Waals surface area contributed by atoms with Crippen LogP contribution in [-0.2, 0) is 4.79 Å². The van der Waals surface area contributed by atoms with Gasteiger partial charge in [-0.15, -0.1) is 11.3 Å². The van der Waals surface area contributed by atoms with Crippen molar-refractivity contribution in [3.8, 4) is 16.2 Å². The lowest BCUT2D eigenvalue weighted by Gasteiger charge is -2.26. The molecule has 126 valence electrons. The lowest BCUT2D eigenvalue weighted by Crippen LogP contribution is -2.38. The van der Waals surface area contributed by atoms with E-state index in [1.807, 2.05) is 30.3 Å². The molecule has 1 N–H and O–H groups in total. The van der Waals surface area contributed by atoms with E-state index in [4.69, 9.17) is 4.74 Å². The Kier molecular flexibility index (Phi) is 5.15. The van der Waals surface area contributed by atoms with E-state index >= 15 is 0 Å². The third-order valence-electron chi connectivity index (χ3n) is 4.01. The first-order chi connectivity index (χ1) is 11.6. The zero-order valence-electron chi connectivity index (χ0n) is 13.2. The maximum Gasteiger partial charge on any atom is 0.349 e. The molecule has 1 aliphatic rings. The molecule has 0 unspecified atom stereocenters. The number of thiophene rings is 1. The summed E-state index contributed by atoms with van der Waals surface area (Å²) in [6.07, 6.45) is 3.18. The molecule has 1 fully saturated rings. The molecule has 5 nitrogen and oxygen atoms in total. The molecule has 0 bridgehead atoms. The number of amides is 1. The van der Waals surface area contributed by atoms with Crippen molar-refractivity contribution in [2.45, 2.75) is 19.3 Å². The number of carbonyl (C=O) groups excluding carboxylic acids is 1. The number of rotatable bonds is 5. The number of carboxylic acids is 1. The molecule has 0 spiro atoms. The molecule has 0 radical (unpaired) electrons. The van der Waals surface area contributed by atoms with Crippen LogP contribution in [-0.4, -0.2) is 41.6 Å². The van der Waals surface area contributed by atoms with Gasteiger partial charge in [-0.2, -0.15) is 0 Å². The summed E-state index contributed by atoms with van der Waals surface area (Å²) in [6.45, 7) is 1.39. The third-order valence-corrected chi connectivity index (χ3v) is 5.16. The summed E-state index contributed by atoms with van der Waals surface area (Å²) in [5, 5.41) is 9.37. The molecule has 2 aromatic rings. The number of carbonyl (C=O) groups is 2. The van der Waals surface area contributed by atoms with E-state index in [1.165, 1.54) is 0 Å². The second kappa shape index (κ2) is 7.49. The summed E-state index contributed by atoms with van der Waals surface area (Å²) in [7, 11) is 0. The number of ether oxygens (including phenoxy) is 1. The fourth-order valence-electron chi connectivity index (χ4n) is 2.75. The number of piperidine rings is 1. The minimum absolute atomic E-state index is 0.0847. The maximum atomic E-state index is 12.2. The van der Waals surface area contributed by atoms with E-state index in [0.29, 0.717) is 0 Å². The summed E-state index contributed by atoms with van der Waals surface area (Å²) in [6, 6.07) is 11.2. The molecule has 0 saturated carbocycles. The molecule has 3 rings (SSSR count). The number of benzene rings is 1. The average molecular weight is 345 g/mol. The summed E-state index contributed by atoms with van der Waals surface area (Å²) in [4.78, 5) is 26.4. The van der Waals surface area contributed by atoms with Crippen LogP contribution < -0.4 is 4.74 Å². The van der Waals surface area contributed by atoms with Gasteiger partial charge >= 0.3 is 5.97 Å². The van der Waals surface area contributed by atoms with Gasteiger partial charge in [0, 0.05) is 18.0 Å². The van der Waals surface area contributed by atoms with Crippen molar-refractivity contribution in [1.82, 2.24) is 4.90 Å². The van der Waals surface area contributed by atoms with Gasteiger partial charge in [0.1, 0.15) is 5.75 Å². The van der Waals surface area contributed by atoms with E-state index in [-0.39, 0.29) is 23.1 Å². The Morgan fingerprint density at radius 1 is 1.12 bits per heavy atom. The summed E-state index contributed by atoms with van der Waals surface area (Å²) in [5.74, 6) is -0.863. The first kappa shape index (κ1) is 16.5. The van der Waals surface area contributed by atoms with Gasteiger partial charge in [0.15, 0.2) is 11.5 Å². The van der Waals surface area contributed by atoms with Crippen LogP contribution >= 0.6 is 11.3 Å². The van der Waals surface area contributed by atoms with Crippen LogP contribution in [0.4, 0.5) is 0 Å². The Labute approximate surface area is 144 Å². The summed E-state index contributed by atoms with van der Waals surface area (Å²) >= 11 is 1.16. The molecule has 0 aliphatic carbocycles. The predicted molar refractivity (Wildman–Crippen MR) is 92.6 cm³/mol. The topological polar surface area (TPSA) is 66.8 Å². The van der Waals surface area contributed by atoms with Crippen molar-refractivity contribution in [3.63, 3.8) is 0 Å². The molecule has 1 saturated heterocycles. The molecule has 1 aliphatic heterocycles. The van der Waals surface area contributed by atoms with Crippen molar-refractivity contribution in [2.24, 2.45) is 0 Å². The fraction of sp³-hybridized carbons (Fsp3) is 0.333. The summed E-state index contributed by atoms with van der Waals surface area (Å²) < 4.78 is 5.55. The van der Waals surface area contributed by atoms with Gasteiger partial charge in [-0.3, -0.25) is 4.79 Å². The monoisotopic (exact) mass is 345 g/mol. The molecule has 1 amide bonds. The van der Waals surface area contributed by atoms with Crippen LogP contribution in [0.2, 0.25) is 0 Å². The lowest BCUT2D eigenvalue weighted by molar-refractivity contribution is -0.134. The zero-order valence-corrected chi connectivity index (χ0v) is 14.1. The molecular weight excluding hydrogens is 326 g/mol. The maximum absolute atomic E-state index is 12.2. The molecule has 1 aromatic heterocycles. The highest BCUT2D eigenvalue weighted by molar-refractivity contribution is 7.17. The van der Waals surface area contributed by atoms with Gasteiger partial charge < -0.3 is 14.7 Å².